The van der Waals surface area contributed by atoms with Crippen molar-refractivity contribution in [3.8, 4) is 17.2 Å². The van der Waals surface area contributed by atoms with E-state index in [1.165, 1.54) is 32.4 Å². The number of fused-ring (bicyclic) bond motifs is 1. The average Bonchev–Trinajstić information content (AvgIpc) is 2.82. The number of amides is 1. The second-order valence-electron chi connectivity index (χ2n) is 7.78. The molecule has 9 heteroatoms. The van der Waals surface area contributed by atoms with Crippen molar-refractivity contribution in [1.82, 2.24) is 14.0 Å². The summed E-state index contributed by atoms with van der Waals surface area (Å²) in [6.07, 6.45) is 1.97. The van der Waals surface area contributed by atoms with E-state index in [2.05, 4.69) is 0 Å². The smallest absolute Gasteiger partial charge is 0.332 e. The highest BCUT2D eigenvalue weighted by Crippen LogP contribution is 2.28. The van der Waals surface area contributed by atoms with Crippen molar-refractivity contribution >= 4 is 17.3 Å². The number of hydrogen-bond acceptors (Lipinski definition) is 5. The number of carbonyl (C=O) groups excluding carboxylic acids is 1. The van der Waals surface area contributed by atoms with Crippen LogP contribution in [0, 0.1) is 0 Å². The third-order valence-electron chi connectivity index (χ3n) is 5.94. The number of carbonyl (C=O) groups is 1. The lowest BCUT2D eigenvalue weighted by Crippen LogP contribution is -2.44. The first-order chi connectivity index (χ1) is 15.5. The van der Waals surface area contributed by atoms with E-state index in [0.717, 1.165) is 11.0 Å². The number of aromatic nitrogens is 2. The van der Waals surface area contributed by atoms with Crippen molar-refractivity contribution < 1.29 is 19.4 Å². The summed E-state index contributed by atoms with van der Waals surface area (Å²) < 4.78 is 13.3. The maximum Gasteiger partial charge on any atom is 0.332 e. The fourth-order valence-corrected chi connectivity index (χ4v) is 4.27. The van der Waals surface area contributed by atoms with Crippen LogP contribution in [0.1, 0.15) is 24.4 Å². The fraction of sp³-hybridized carbons (Fsp3) is 0.348. The Labute approximate surface area is 184 Å². The topological polar surface area (TPSA) is 103 Å². The predicted octanol–water partition coefficient (Wildman–Crippen LogP) is 2.17. The summed E-state index contributed by atoms with van der Waals surface area (Å²) in [6.45, 7) is 1.07. The first kappa shape index (κ1) is 21.5. The lowest BCUT2D eigenvalue weighted by Gasteiger charge is -2.31. The van der Waals surface area contributed by atoms with E-state index >= 15 is 0 Å². The Morgan fingerprint density at radius 2 is 1.72 bits per heavy atom. The summed E-state index contributed by atoms with van der Waals surface area (Å²) in [7, 11) is 3.04. The molecule has 1 radical (unpaired) electrons. The first-order valence-electron chi connectivity index (χ1n) is 10.3. The molecule has 9 nitrogen and oxygen atoms in total. The van der Waals surface area contributed by atoms with Gasteiger partial charge in [-0.25, -0.2) is 4.79 Å². The molecule has 1 fully saturated rings. The van der Waals surface area contributed by atoms with Crippen LogP contribution in [0.15, 0.2) is 46.0 Å². The van der Waals surface area contributed by atoms with Crippen LogP contribution in [0.5, 0.6) is 17.2 Å². The van der Waals surface area contributed by atoms with E-state index in [1.54, 1.807) is 27.7 Å². The largest absolute Gasteiger partial charge is 0.493 e. The van der Waals surface area contributed by atoms with Gasteiger partial charge in [-0.1, -0.05) is 6.07 Å². The SMILES string of the molecule is COc1ccc(Cn2c(=O)c3cc([O])ccc3n(C3CCN(C=O)CC3)c2=O)cc1OC. The molecule has 0 bridgehead atoms. The summed E-state index contributed by atoms with van der Waals surface area (Å²) >= 11 is 0. The van der Waals surface area contributed by atoms with E-state index in [-0.39, 0.29) is 23.7 Å². The molecule has 0 N–H and O–H groups in total. The lowest BCUT2D eigenvalue weighted by molar-refractivity contribution is -0.119. The maximum absolute atomic E-state index is 13.5. The van der Waals surface area contributed by atoms with Gasteiger partial charge >= 0.3 is 5.69 Å². The van der Waals surface area contributed by atoms with Gasteiger partial charge in [0, 0.05) is 25.2 Å². The highest BCUT2D eigenvalue weighted by molar-refractivity contribution is 5.79. The van der Waals surface area contributed by atoms with Crippen LogP contribution in [0.25, 0.3) is 10.9 Å². The molecule has 167 valence electrons. The van der Waals surface area contributed by atoms with Gasteiger partial charge in [0.2, 0.25) is 6.41 Å². The molecule has 1 aromatic heterocycles. The molecule has 1 aliphatic rings. The van der Waals surface area contributed by atoms with E-state index in [1.807, 2.05) is 0 Å². The van der Waals surface area contributed by atoms with Crippen molar-refractivity contribution in [2.24, 2.45) is 0 Å². The second-order valence-corrected chi connectivity index (χ2v) is 7.78. The summed E-state index contributed by atoms with van der Waals surface area (Å²) in [5.41, 5.74) is 0.161. The third-order valence-corrected chi connectivity index (χ3v) is 5.94. The number of nitrogens with zero attached hydrogens (tertiary/aromatic N) is 3. The fourth-order valence-electron chi connectivity index (χ4n) is 4.27. The molecule has 0 spiro atoms. The van der Waals surface area contributed by atoms with Gasteiger partial charge in [0.15, 0.2) is 17.2 Å². The summed E-state index contributed by atoms with van der Waals surface area (Å²) in [6, 6.07) is 9.17. The van der Waals surface area contributed by atoms with Crippen LogP contribution in [0.3, 0.4) is 0 Å². The Bertz CT molecular complexity index is 1270. The first-order valence-corrected chi connectivity index (χ1v) is 10.3. The monoisotopic (exact) mass is 438 g/mol. The van der Waals surface area contributed by atoms with Crippen LogP contribution in [-0.2, 0) is 16.4 Å². The molecule has 1 saturated heterocycles. The molecule has 0 saturated carbocycles. The minimum absolute atomic E-state index is 0.0181. The highest BCUT2D eigenvalue weighted by Gasteiger charge is 2.25. The zero-order valence-corrected chi connectivity index (χ0v) is 17.9. The molecule has 2 aromatic carbocycles. The Morgan fingerprint density at radius 3 is 2.38 bits per heavy atom. The normalized spacial score (nSPS) is 14.5. The number of methoxy groups -OCH3 is 2. The van der Waals surface area contributed by atoms with Gasteiger partial charge in [0.05, 0.1) is 31.7 Å². The lowest BCUT2D eigenvalue weighted by atomic mass is 10.0. The average molecular weight is 438 g/mol. The third kappa shape index (κ3) is 3.81. The Hall–Kier alpha value is -3.75. The van der Waals surface area contributed by atoms with Gasteiger partial charge in [-0.3, -0.25) is 23.8 Å². The van der Waals surface area contributed by atoms with Gasteiger partial charge in [-0.2, -0.15) is 0 Å². The molecule has 1 amide bonds. The van der Waals surface area contributed by atoms with Crippen LogP contribution in [0.4, 0.5) is 0 Å². The van der Waals surface area contributed by atoms with Crippen molar-refractivity contribution in [2.75, 3.05) is 27.3 Å². The Balaban J connectivity index is 1.85. The summed E-state index contributed by atoms with van der Waals surface area (Å²) in [5, 5.41) is 12.2. The van der Waals surface area contributed by atoms with Gasteiger partial charge in [-0.15, -0.1) is 0 Å². The molecule has 2 heterocycles. The predicted molar refractivity (Wildman–Crippen MR) is 117 cm³/mol. The molecule has 3 aromatic rings. The maximum atomic E-state index is 13.5. The Morgan fingerprint density at radius 1 is 1.00 bits per heavy atom. The van der Waals surface area contributed by atoms with Crippen LogP contribution in [-0.4, -0.2) is 47.8 Å². The van der Waals surface area contributed by atoms with Crippen LogP contribution >= 0.6 is 0 Å². The van der Waals surface area contributed by atoms with Crippen LogP contribution in [0.2, 0.25) is 0 Å². The zero-order valence-electron chi connectivity index (χ0n) is 17.9. The molecule has 0 aliphatic carbocycles. The van der Waals surface area contributed by atoms with Crippen molar-refractivity contribution in [1.29, 1.82) is 0 Å². The Kier molecular flexibility index (Phi) is 5.89. The van der Waals surface area contributed by atoms with E-state index in [9.17, 15) is 19.5 Å². The quantitative estimate of drug-likeness (QED) is 0.549. The van der Waals surface area contributed by atoms with Crippen molar-refractivity contribution in [2.45, 2.75) is 25.4 Å². The van der Waals surface area contributed by atoms with E-state index in [0.29, 0.717) is 48.5 Å². The molecule has 0 unspecified atom stereocenters. The highest BCUT2D eigenvalue weighted by atomic mass is 16.5. The van der Waals surface area contributed by atoms with Gasteiger partial charge < -0.3 is 14.4 Å². The van der Waals surface area contributed by atoms with Crippen molar-refractivity contribution in [3.63, 3.8) is 0 Å². The molecule has 0 atom stereocenters. The zero-order chi connectivity index (χ0) is 22.8. The minimum atomic E-state index is -0.515. The van der Waals surface area contributed by atoms with Crippen molar-refractivity contribution in [3.05, 3.63) is 62.8 Å². The molecule has 32 heavy (non-hydrogen) atoms. The summed E-state index contributed by atoms with van der Waals surface area (Å²) in [5.74, 6) is 0.730. The van der Waals surface area contributed by atoms with E-state index < -0.39 is 11.2 Å². The number of hydrogen-bond donors (Lipinski definition) is 0. The number of likely N-dealkylation sites (tertiary alicyclic amines) is 1. The van der Waals surface area contributed by atoms with Crippen LogP contribution < -0.4 is 20.7 Å². The van der Waals surface area contributed by atoms with Gasteiger partial charge in [0.25, 0.3) is 5.56 Å². The number of rotatable bonds is 6. The summed E-state index contributed by atoms with van der Waals surface area (Å²) in [4.78, 5) is 39.5. The molecule has 1 aliphatic heterocycles. The standard InChI is InChI=1S/C23H24N3O6/c1-31-20-6-3-15(11-21(20)32-2)13-25-22(29)18-12-17(28)4-5-19(18)26(23(25)30)16-7-9-24(14-27)10-8-16/h3-6,11-12,14,16H,7-10,13H2,1-2H3. The van der Waals surface area contributed by atoms with Gasteiger partial charge in [0.1, 0.15) is 0 Å². The molecular weight excluding hydrogens is 414 g/mol. The second kappa shape index (κ2) is 8.78. The number of benzene rings is 2. The van der Waals surface area contributed by atoms with Gasteiger partial charge in [-0.05, 0) is 42.7 Å². The van der Waals surface area contributed by atoms with E-state index in [4.69, 9.17) is 9.47 Å². The minimum Gasteiger partial charge on any atom is -0.493 e. The molecular formula is C23H24N3O6. The molecule has 4 rings (SSSR count). The number of piperidine rings is 1. The number of ether oxygens (including phenoxy) is 2.